The van der Waals surface area contributed by atoms with E-state index in [0.29, 0.717) is 18.8 Å². The van der Waals surface area contributed by atoms with E-state index in [2.05, 4.69) is 94.3 Å². The highest BCUT2D eigenvalue weighted by Gasteiger charge is 2.32. The molecule has 7 heteroatoms. The fraction of sp³-hybridized carbons (Fsp3) is 0.267. The molecule has 0 spiro atoms. The Balaban J connectivity index is 1.31. The number of rotatable bonds is 6. The van der Waals surface area contributed by atoms with Crippen LogP contribution in [0.4, 0.5) is 5.69 Å². The molecule has 3 heterocycles. The number of para-hydroxylation sites is 2. The van der Waals surface area contributed by atoms with Crippen molar-refractivity contribution >= 4 is 56.2 Å². The lowest BCUT2D eigenvalue weighted by Crippen LogP contribution is -2.29. The van der Waals surface area contributed by atoms with Crippen molar-refractivity contribution in [1.29, 1.82) is 0 Å². The van der Waals surface area contributed by atoms with Gasteiger partial charge in [-0.25, -0.2) is 0 Å². The van der Waals surface area contributed by atoms with Crippen LogP contribution in [0.3, 0.4) is 0 Å². The number of nitrogens with zero attached hydrogens (tertiary/aromatic N) is 4. The van der Waals surface area contributed by atoms with Gasteiger partial charge in [0, 0.05) is 56.2 Å². The van der Waals surface area contributed by atoms with Gasteiger partial charge >= 0.3 is 0 Å². The summed E-state index contributed by atoms with van der Waals surface area (Å²) in [7, 11) is 6.18. The normalized spacial score (nSPS) is 16.5. The molecule has 1 unspecified atom stereocenters. The molecule has 1 saturated heterocycles. The van der Waals surface area contributed by atoms with Crippen molar-refractivity contribution in [3.05, 3.63) is 83.7 Å². The molecule has 1 N–H and O–H groups in total. The second kappa shape index (κ2) is 9.63. The Bertz CT molecular complexity index is 1680. The zero-order valence-corrected chi connectivity index (χ0v) is 22.3. The quantitative estimate of drug-likeness (QED) is 0.310. The fourth-order valence-corrected chi connectivity index (χ4v) is 6.56. The summed E-state index contributed by atoms with van der Waals surface area (Å²) >= 11 is 1.71. The van der Waals surface area contributed by atoms with Crippen LogP contribution < -0.4 is 10.3 Å². The van der Waals surface area contributed by atoms with Crippen LogP contribution in [0.25, 0.3) is 32.8 Å². The maximum atomic E-state index is 12.8. The summed E-state index contributed by atoms with van der Waals surface area (Å²) in [5.41, 5.74) is 5.68. The fourth-order valence-electron chi connectivity index (χ4n) is 5.35. The van der Waals surface area contributed by atoms with Crippen molar-refractivity contribution in [3.63, 3.8) is 0 Å². The maximum Gasteiger partial charge on any atom is 0.233 e. The van der Waals surface area contributed by atoms with Gasteiger partial charge in [0.15, 0.2) is 0 Å². The van der Waals surface area contributed by atoms with Crippen LogP contribution in [-0.2, 0) is 11.8 Å². The number of aromatic nitrogens is 2. The lowest BCUT2D eigenvalue weighted by molar-refractivity contribution is -0.128. The third-order valence-electron chi connectivity index (χ3n) is 7.27. The zero-order valence-electron chi connectivity index (χ0n) is 21.4. The Morgan fingerprint density at radius 3 is 2.51 bits per heavy atom. The van der Waals surface area contributed by atoms with Crippen molar-refractivity contribution in [2.24, 2.45) is 12.0 Å². The van der Waals surface area contributed by atoms with Crippen molar-refractivity contribution in [2.45, 2.75) is 11.8 Å². The van der Waals surface area contributed by atoms with Gasteiger partial charge in [-0.1, -0.05) is 48.5 Å². The smallest absolute Gasteiger partial charge is 0.233 e. The number of thioether (sulfide) groups is 1. The number of anilines is 1. The first-order valence-corrected chi connectivity index (χ1v) is 13.7. The number of amides is 1. The minimum absolute atomic E-state index is 0.0700. The summed E-state index contributed by atoms with van der Waals surface area (Å²) in [4.78, 5) is 25.6. The Labute approximate surface area is 220 Å². The summed E-state index contributed by atoms with van der Waals surface area (Å²) in [6.45, 7) is 1.36. The van der Waals surface area contributed by atoms with E-state index in [-0.39, 0.29) is 11.3 Å². The molecule has 0 saturated carbocycles. The first kappa shape index (κ1) is 23.7. The molecule has 0 bridgehead atoms. The molecule has 3 aromatic carbocycles. The van der Waals surface area contributed by atoms with Crippen molar-refractivity contribution in [1.82, 2.24) is 14.5 Å². The summed E-state index contributed by atoms with van der Waals surface area (Å²) in [5, 5.41) is 4.59. The maximum absolute atomic E-state index is 12.8. The number of hydrogen-bond acceptors (Lipinski definition) is 4. The zero-order chi connectivity index (χ0) is 25.5. The molecule has 1 aliphatic rings. The lowest BCUT2D eigenvalue weighted by Gasteiger charge is -2.24. The Kier molecular flexibility index (Phi) is 6.16. The predicted octanol–water partition coefficient (Wildman–Crippen LogP) is 5.44. The van der Waals surface area contributed by atoms with E-state index in [1.54, 1.807) is 11.8 Å². The van der Waals surface area contributed by atoms with Gasteiger partial charge in [0.05, 0.1) is 22.0 Å². The average molecular weight is 510 g/mol. The molecule has 1 amide bonds. The summed E-state index contributed by atoms with van der Waals surface area (Å²) < 4.78 is 2.22. The molecule has 1 atom stereocenters. The number of hydrogen-bond donors (Lipinski definition) is 1. The minimum atomic E-state index is 0.0700. The van der Waals surface area contributed by atoms with Gasteiger partial charge in [-0.3, -0.25) is 9.79 Å². The number of fused-ring (bicyclic) bond motifs is 4. The number of carbonyl (C=O) groups is 1. The molecule has 1 aliphatic heterocycles. The molecule has 6 nitrogen and oxygen atoms in total. The van der Waals surface area contributed by atoms with Gasteiger partial charge in [-0.2, -0.15) is 0 Å². The highest BCUT2D eigenvalue weighted by atomic mass is 32.2. The molecule has 37 heavy (non-hydrogen) atoms. The van der Waals surface area contributed by atoms with Crippen LogP contribution in [0.2, 0.25) is 0 Å². The van der Waals surface area contributed by atoms with E-state index in [1.165, 1.54) is 10.9 Å². The average Bonchev–Trinajstić information content (AvgIpc) is 3.49. The van der Waals surface area contributed by atoms with Crippen LogP contribution >= 0.6 is 11.8 Å². The van der Waals surface area contributed by atoms with E-state index in [1.807, 2.05) is 19.0 Å². The summed E-state index contributed by atoms with van der Waals surface area (Å²) in [6, 6.07) is 25.4. The van der Waals surface area contributed by atoms with Gasteiger partial charge in [0.1, 0.15) is 11.0 Å². The number of nitrogens with one attached hydrogen (secondary N) is 1. The third-order valence-corrected chi connectivity index (χ3v) is 8.52. The van der Waals surface area contributed by atoms with Gasteiger partial charge < -0.3 is 19.4 Å². The van der Waals surface area contributed by atoms with Gasteiger partial charge in [0.2, 0.25) is 5.91 Å². The minimum Gasteiger partial charge on any atom is -0.378 e. The molecule has 0 radical (unpaired) electrons. The van der Waals surface area contributed by atoms with E-state index < -0.39 is 0 Å². The number of carbonyl (C=O) groups excluding carboxylic acids is 1. The Morgan fingerprint density at radius 1 is 1.00 bits per heavy atom. The first-order chi connectivity index (χ1) is 18.0. The first-order valence-electron chi connectivity index (χ1n) is 12.7. The molecule has 2 aromatic heterocycles. The largest absolute Gasteiger partial charge is 0.378 e. The van der Waals surface area contributed by atoms with Crippen molar-refractivity contribution < 1.29 is 4.79 Å². The number of benzene rings is 3. The second-order valence-electron chi connectivity index (χ2n) is 9.79. The van der Waals surface area contributed by atoms with Crippen molar-refractivity contribution in [2.75, 3.05) is 37.8 Å². The predicted molar refractivity (Wildman–Crippen MR) is 155 cm³/mol. The summed E-state index contributed by atoms with van der Waals surface area (Å²) in [5.74, 6) is 0.746. The van der Waals surface area contributed by atoms with Gasteiger partial charge in [-0.15, -0.1) is 11.8 Å². The molecule has 6 rings (SSSR count). The van der Waals surface area contributed by atoms with Crippen LogP contribution in [0.15, 0.2) is 77.8 Å². The van der Waals surface area contributed by atoms with Gasteiger partial charge in [0.25, 0.3) is 0 Å². The van der Waals surface area contributed by atoms with Gasteiger partial charge in [-0.05, 0) is 36.2 Å². The SMILES string of the molecule is CN(C)c1ccc(C2SCC(=O)N2CCCN=c2c3ccccc3n(C)c3[nH]c4ccccc4c23)cc1. The standard InChI is InChI=1S/C30H31N5OS/c1-33(2)21-15-13-20(14-16-21)30-35(26(36)19-37-30)18-8-17-31-28-23-10-5-7-12-25(23)34(3)29-27(28)22-9-4-6-11-24(22)32-29/h4-7,9-16,30,32H,8,17-19H2,1-3H3. The number of H-pyrrole nitrogens is 1. The molecular weight excluding hydrogens is 478 g/mol. The Morgan fingerprint density at radius 2 is 1.73 bits per heavy atom. The molecule has 188 valence electrons. The third kappa shape index (κ3) is 4.17. The highest BCUT2D eigenvalue weighted by Crippen LogP contribution is 2.39. The van der Waals surface area contributed by atoms with E-state index in [4.69, 9.17) is 4.99 Å². The summed E-state index contributed by atoms with van der Waals surface area (Å²) in [6.07, 6.45) is 0.817. The molecule has 5 aromatic rings. The Hall–Kier alpha value is -3.71. The molecule has 0 aliphatic carbocycles. The topological polar surface area (TPSA) is 56.6 Å². The number of pyridine rings is 1. The van der Waals surface area contributed by atoms with Crippen LogP contribution in [0, 0.1) is 0 Å². The number of aromatic amines is 1. The van der Waals surface area contributed by atoms with Crippen LogP contribution in [0.1, 0.15) is 17.4 Å². The monoisotopic (exact) mass is 509 g/mol. The van der Waals surface area contributed by atoms with Crippen LogP contribution in [-0.4, -0.2) is 53.3 Å². The van der Waals surface area contributed by atoms with Crippen LogP contribution in [0.5, 0.6) is 0 Å². The van der Waals surface area contributed by atoms with Crippen molar-refractivity contribution in [3.8, 4) is 0 Å². The molecule has 1 fully saturated rings. The lowest BCUT2D eigenvalue weighted by atomic mass is 10.1. The number of aryl methyl sites for hydroxylation is 1. The van der Waals surface area contributed by atoms with E-state index in [0.717, 1.165) is 44.9 Å². The van der Waals surface area contributed by atoms with E-state index in [9.17, 15) is 4.79 Å². The highest BCUT2D eigenvalue weighted by molar-refractivity contribution is 8.00. The molecular formula is C30H31N5OS. The second-order valence-corrected chi connectivity index (χ2v) is 10.9. The van der Waals surface area contributed by atoms with E-state index >= 15 is 0 Å².